The van der Waals surface area contributed by atoms with E-state index in [1.165, 1.54) is 6.08 Å². The van der Waals surface area contributed by atoms with Crippen LogP contribution in [-0.2, 0) is 19.6 Å². The maximum absolute atomic E-state index is 11.7. The standard InChI is InChI=1S/C14H16N2O4S/c1-12-2-4-13(5-3-12)7-11-21(18,19)16-9-6-14(17)20-10-8-15/h2-5,7,11,16H,6,9-10H2,1H3/b11-7+. The Morgan fingerprint density at radius 1 is 1.38 bits per heavy atom. The van der Waals surface area contributed by atoms with E-state index >= 15 is 0 Å². The molecule has 6 nitrogen and oxygen atoms in total. The van der Waals surface area contributed by atoms with E-state index < -0.39 is 16.0 Å². The number of aryl methyl sites for hydroxylation is 1. The van der Waals surface area contributed by atoms with Crippen LogP contribution < -0.4 is 4.72 Å². The first-order chi connectivity index (χ1) is 9.93. The lowest BCUT2D eigenvalue weighted by Gasteiger charge is -2.02. The molecule has 0 aliphatic carbocycles. The van der Waals surface area contributed by atoms with Crippen molar-refractivity contribution in [3.05, 3.63) is 40.8 Å². The largest absolute Gasteiger partial charge is 0.450 e. The number of nitrogens with zero attached hydrogens (tertiary/aromatic N) is 1. The van der Waals surface area contributed by atoms with Crippen LogP contribution in [0.15, 0.2) is 29.7 Å². The number of sulfonamides is 1. The van der Waals surface area contributed by atoms with Crippen molar-refractivity contribution in [2.45, 2.75) is 13.3 Å². The Morgan fingerprint density at radius 3 is 2.67 bits per heavy atom. The summed E-state index contributed by atoms with van der Waals surface area (Å²) in [7, 11) is -3.61. The monoisotopic (exact) mass is 308 g/mol. The molecule has 0 saturated heterocycles. The normalized spacial score (nSPS) is 11.2. The number of rotatable bonds is 7. The molecular formula is C14H16N2O4S. The molecule has 1 N–H and O–H groups in total. The number of ether oxygens (including phenoxy) is 1. The third-order valence-corrected chi connectivity index (χ3v) is 3.55. The molecule has 0 heterocycles. The first-order valence-corrected chi connectivity index (χ1v) is 7.74. The van der Waals surface area contributed by atoms with E-state index in [1.807, 2.05) is 19.1 Å². The summed E-state index contributed by atoms with van der Waals surface area (Å²) in [4.78, 5) is 11.1. The van der Waals surface area contributed by atoms with Crippen LogP contribution in [0.1, 0.15) is 17.5 Å². The van der Waals surface area contributed by atoms with Crippen molar-refractivity contribution in [3.8, 4) is 6.07 Å². The molecule has 0 unspecified atom stereocenters. The van der Waals surface area contributed by atoms with E-state index in [0.717, 1.165) is 16.5 Å². The molecule has 7 heteroatoms. The topological polar surface area (TPSA) is 96.3 Å². The van der Waals surface area contributed by atoms with Gasteiger partial charge in [-0.05, 0) is 18.6 Å². The minimum atomic E-state index is -3.61. The van der Waals surface area contributed by atoms with Gasteiger partial charge in [0.25, 0.3) is 0 Å². The smallest absolute Gasteiger partial charge is 0.308 e. The van der Waals surface area contributed by atoms with Crippen molar-refractivity contribution < 1.29 is 17.9 Å². The van der Waals surface area contributed by atoms with Gasteiger partial charge in [-0.15, -0.1) is 0 Å². The molecule has 0 saturated carbocycles. The molecule has 1 aromatic rings. The van der Waals surface area contributed by atoms with Gasteiger partial charge in [-0.3, -0.25) is 4.79 Å². The third-order valence-electron chi connectivity index (χ3n) is 2.45. The Bertz CT molecular complexity index is 643. The van der Waals surface area contributed by atoms with Gasteiger partial charge in [0.2, 0.25) is 10.0 Å². The molecule has 0 aliphatic heterocycles. The number of carbonyl (C=O) groups excluding carboxylic acids is 1. The van der Waals surface area contributed by atoms with Crippen molar-refractivity contribution >= 4 is 22.1 Å². The minimum Gasteiger partial charge on any atom is -0.450 e. The predicted octanol–water partition coefficient (Wildman–Crippen LogP) is 1.34. The van der Waals surface area contributed by atoms with Crippen molar-refractivity contribution in [2.24, 2.45) is 0 Å². The summed E-state index contributed by atoms with van der Waals surface area (Å²) in [6.07, 6.45) is 1.34. The Morgan fingerprint density at radius 2 is 2.05 bits per heavy atom. The lowest BCUT2D eigenvalue weighted by Crippen LogP contribution is -2.24. The molecule has 0 amide bonds. The van der Waals surface area contributed by atoms with Gasteiger partial charge in [0.15, 0.2) is 6.61 Å². The third kappa shape index (κ3) is 7.25. The van der Waals surface area contributed by atoms with Crippen LogP contribution in [0.4, 0.5) is 0 Å². The molecule has 0 atom stereocenters. The van der Waals surface area contributed by atoms with Crippen LogP contribution in [0, 0.1) is 18.3 Å². The highest BCUT2D eigenvalue weighted by molar-refractivity contribution is 7.92. The minimum absolute atomic E-state index is 0.0785. The lowest BCUT2D eigenvalue weighted by atomic mass is 10.2. The number of hydrogen-bond donors (Lipinski definition) is 1. The molecule has 1 rings (SSSR count). The second-order valence-corrected chi connectivity index (χ2v) is 5.87. The zero-order valence-electron chi connectivity index (χ0n) is 11.6. The van der Waals surface area contributed by atoms with E-state index in [9.17, 15) is 13.2 Å². The van der Waals surface area contributed by atoms with Gasteiger partial charge in [0, 0.05) is 12.0 Å². The highest BCUT2D eigenvalue weighted by Crippen LogP contribution is 2.06. The van der Waals surface area contributed by atoms with Crippen LogP contribution in [0.3, 0.4) is 0 Å². The maximum atomic E-state index is 11.7. The van der Waals surface area contributed by atoms with E-state index in [0.29, 0.717) is 0 Å². The van der Waals surface area contributed by atoms with Crippen molar-refractivity contribution in [1.82, 2.24) is 4.72 Å². The average molecular weight is 308 g/mol. The summed E-state index contributed by atoms with van der Waals surface area (Å²) < 4.78 is 30.1. The highest BCUT2D eigenvalue weighted by atomic mass is 32.2. The van der Waals surface area contributed by atoms with Gasteiger partial charge in [-0.25, -0.2) is 13.1 Å². The summed E-state index contributed by atoms with van der Waals surface area (Å²) in [5.41, 5.74) is 1.85. The maximum Gasteiger partial charge on any atom is 0.308 e. The fourth-order valence-electron chi connectivity index (χ4n) is 1.37. The van der Waals surface area contributed by atoms with Crippen LogP contribution in [-0.4, -0.2) is 27.5 Å². The molecular weight excluding hydrogens is 292 g/mol. The van der Waals surface area contributed by atoms with Gasteiger partial charge in [0.1, 0.15) is 6.07 Å². The van der Waals surface area contributed by atoms with Gasteiger partial charge in [-0.1, -0.05) is 29.8 Å². The van der Waals surface area contributed by atoms with E-state index in [-0.39, 0.29) is 19.6 Å². The Hall–Kier alpha value is -2.17. The van der Waals surface area contributed by atoms with Crippen LogP contribution >= 0.6 is 0 Å². The quantitative estimate of drug-likeness (QED) is 0.767. The van der Waals surface area contributed by atoms with E-state index in [2.05, 4.69) is 9.46 Å². The number of nitrogens with one attached hydrogen (secondary N) is 1. The van der Waals surface area contributed by atoms with Crippen molar-refractivity contribution in [2.75, 3.05) is 13.2 Å². The van der Waals surface area contributed by atoms with E-state index in [4.69, 9.17) is 5.26 Å². The molecule has 1 aromatic carbocycles. The van der Waals surface area contributed by atoms with Crippen LogP contribution in [0.5, 0.6) is 0 Å². The van der Waals surface area contributed by atoms with Gasteiger partial charge < -0.3 is 4.74 Å². The molecule has 0 bridgehead atoms. The van der Waals surface area contributed by atoms with E-state index in [1.54, 1.807) is 18.2 Å². The zero-order valence-corrected chi connectivity index (χ0v) is 12.4. The van der Waals surface area contributed by atoms with Gasteiger partial charge in [-0.2, -0.15) is 5.26 Å². The molecule has 0 aromatic heterocycles. The molecule has 0 fully saturated rings. The summed E-state index contributed by atoms with van der Waals surface area (Å²) in [5.74, 6) is -0.623. The van der Waals surface area contributed by atoms with Crippen LogP contribution in [0.2, 0.25) is 0 Å². The zero-order chi connectivity index (χ0) is 15.7. The van der Waals surface area contributed by atoms with Crippen molar-refractivity contribution in [1.29, 1.82) is 5.26 Å². The van der Waals surface area contributed by atoms with Crippen molar-refractivity contribution in [3.63, 3.8) is 0 Å². The molecule has 0 spiro atoms. The summed E-state index contributed by atoms with van der Waals surface area (Å²) in [6, 6.07) is 9.03. The fraction of sp³-hybridized carbons (Fsp3) is 0.286. The van der Waals surface area contributed by atoms with Crippen LogP contribution in [0.25, 0.3) is 6.08 Å². The number of esters is 1. The molecule has 0 radical (unpaired) electrons. The molecule has 21 heavy (non-hydrogen) atoms. The number of hydrogen-bond acceptors (Lipinski definition) is 5. The summed E-state index contributed by atoms with van der Waals surface area (Å²) >= 11 is 0. The lowest BCUT2D eigenvalue weighted by molar-refractivity contribution is -0.142. The highest BCUT2D eigenvalue weighted by Gasteiger charge is 2.07. The van der Waals surface area contributed by atoms with Gasteiger partial charge >= 0.3 is 5.97 Å². The summed E-state index contributed by atoms with van der Waals surface area (Å²) in [6.45, 7) is 1.53. The molecule has 112 valence electrons. The second-order valence-electron chi connectivity index (χ2n) is 4.22. The Labute approximate surface area is 124 Å². The SMILES string of the molecule is Cc1ccc(/C=C/S(=O)(=O)NCCC(=O)OCC#N)cc1. The first kappa shape index (κ1) is 16.9. The number of nitriles is 1. The molecule has 0 aliphatic rings. The first-order valence-electron chi connectivity index (χ1n) is 6.20. The Kier molecular flexibility index (Phi) is 6.59. The fourth-order valence-corrected chi connectivity index (χ4v) is 2.19. The Balaban J connectivity index is 2.45. The number of benzene rings is 1. The summed E-state index contributed by atoms with van der Waals surface area (Å²) in [5, 5.41) is 9.26. The second kappa shape index (κ2) is 8.19. The predicted molar refractivity (Wildman–Crippen MR) is 78.3 cm³/mol. The number of carbonyl (C=O) groups is 1. The van der Waals surface area contributed by atoms with Gasteiger partial charge in [0.05, 0.1) is 6.42 Å². The average Bonchev–Trinajstić information content (AvgIpc) is 2.44.